The van der Waals surface area contributed by atoms with Crippen LogP contribution in [0.4, 0.5) is 5.69 Å². The molecule has 0 aliphatic carbocycles. The van der Waals surface area contributed by atoms with E-state index in [9.17, 15) is 18.0 Å². The second-order valence-electron chi connectivity index (χ2n) is 9.49. The summed E-state index contributed by atoms with van der Waals surface area (Å²) in [6.07, 6.45) is 1.03. The summed E-state index contributed by atoms with van der Waals surface area (Å²) in [5.74, 6) is -0.212. The Balaban J connectivity index is 2.44. The van der Waals surface area contributed by atoms with E-state index in [1.165, 1.54) is 11.0 Å². The molecular formula is C25H34ClN3O5S. The third kappa shape index (κ3) is 8.14. The minimum absolute atomic E-state index is 0.105. The van der Waals surface area contributed by atoms with E-state index in [0.29, 0.717) is 22.0 Å². The number of nitrogens with zero attached hydrogens (tertiary/aromatic N) is 2. The van der Waals surface area contributed by atoms with Gasteiger partial charge in [0, 0.05) is 17.1 Å². The van der Waals surface area contributed by atoms with Crippen LogP contribution in [0.1, 0.15) is 38.8 Å². The number of carbonyl (C=O) groups excluding carboxylic acids is 2. The van der Waals surface area contributed by atoms with Crippen molar-refractivity contribution in [3.63, 3.8) is 0 Å². The third-order valence-corrected chi connectivity index (χ3v) is 6.66. The standard InChI is InChI=1S/C25H34ClN3O5S/c1-17-8-11-20(26)14-22(17)29(35(7,32)33)16-23(30)28(18(2)24(31)27-25(3,4)5)15-19-9-12-21(34-6)13-10-19/h8-14,18H,15-16H2,1-7H3,(H,27,31)/t18-/m1/s1. The molecule has 1 N–H and O–H groups in total. The number of carbonyl (C=O) groups is 2. The lowest BCUT2D eigenvalue weighted by atomic mass is 10.1. The predicted octanol–water partition coefficient (Wildman–Crippen LogP) is 3.76. The van der Waals surface area contributed by atoms with Crippen LogP contribution in [0.15, 0.2) is 42.5 Å². The van der Waals surface area contributed by atoms with Crippen molar-refractivity contribution in [2.24, 2.45) is 0 Å². The molecule has 0 aliphatic rings. The number of sulfonamides is 1. The normalized spacial score (nSPS) is 12.6. The molecule has 0 aromatic heterocycles. The molecule has 2 rings (SSSR count). The zero-order chi connectivity index (χ0) is 26.6. The Bertz CT molecular complexity index is 1160. The highest BCUT2D eigenvalue weighted by molar-refractivity contribution is 7.92. The van der Waals surface area contributed by atoms with Crippen LogP contribution in [-0.4, -0.2) is 56.6 Å². The van der Waals surface area contributed by atoms with Gasteiger partial charge < -0.3 is 15.0 Å². The summed E-state index contributed by atoms with van der Waals surface area (Å²) < 4.78 is 31.6. The van der Waals surface area contributed by atoms with Gasteiger partial charge in [0.1, 0.15) is 18.3 Å². The van der Waals surface area contributed by atoms with Crippen molar-refractivity contribution < 1.29 is 22.7 Å². The molecule has 0 aliphatic heterocycles. The van der Waals surface area contributed by atoms with Crippen LogP contribution in [0.3, 0.4) is 0 Å². The van der Waals surface area contributed by atoms with E-state index in [4.69, 9.17) is 16.3 Å². The fraction of sp³-hybridized carbons (Fsp3) is 0.440. The van der Waals surface area contributed by atoms with Gasteiger partial charge in [-0.2, -0.15) is 0 Å². The monoisotopic (exact) mass is 523 g/mol. The number of hydrogen-bond acceptors (Lipinski definition) is 5. The first-order valence-electron chi connectivity index (χ1n) is 11.1. The maximum atomic E-state index is 13.6. The van der Waals surface area contributed by atoms with E-state index in [2.05, 4.69) is 5.32 Å². The lowest BCUT2D eigenvalue weighted by Crippen LogP contribution is -2.54. The second-order valence-corrected chi connectivity index (χ2v) is 11.8. The summed E-state index contributed by atoms with van der Waals surface area (Å²) in [5.41, 5.74) is 1.22. The Kier molecular flexibility index (Phi) is 9.19. The van der Waals surface area contributed by atoms with Crippen molar-refractivity contribution in [3.05, 3.63) is 58.6 Å². The Hall–Kier alpha value is -2.78. The molecule has 2 aromatic rings. The van der Waals surface area contributed by atoms with Crippen molar-refractivity contribution in [2.45, 2.75) is 52.7 Å². The summed E-state index contributed by atoms with van der Waals surface area (Å²) >= 11 is 6.12. The topological polar surface area (TPSA) is 96.0 Å². The Morgan fingerprint density at radius 1 is 1.11 bits per heavy atom. The summed E-state index contributed by atoms with van der Waals surface area (Å²) in [6.45, 7) is 8.53. The van der Waals surface area contributed by atoms with Gasteiger partial charge in [0.15, 0.2) is 0 Å². The second kappa shape index (κ2) is 11.3. The van der Waals surface area contributed by atoms with Gasteiger partial charge in [-0.1, -0.05) is 29.8 Å². The highest BCUT2D eigenvalue weighted by Gasteiger charge is 2.31. The first kappa shape index (κ1) is 28.5. The van der Waals surface area contributed by atoms with Crippen LogP contribution >= 0.6 is 11.6 Å². The molecule has 0 unspecified atom stereocenters. The van der Waals surface area contributed by atoms with Gasteiger partial charge in [-0.25, -0.2) is 8.42 Å². The Morgan fingerprint density at radius 3 is 2.23 bits per heavy atom. The molecule has 10 heteroatoms. The van der Waals surface area contributed by atoms with Crippen molar-refractivity contribution in [2.75, 3.05) is 24.2 Å². The molecule has 0 heterocycles. The van der Waals surface area contributed by atoms with Crippen LogP contribution in [0.25, 0.3) is 0 Å². The maximum absolute atomic E-state index is 13.6. The molecule has 0 radical (unpaired) electrons. The highest BCUT2D eigenvalue weighted by atomic mass is 35.5. The van der Waals surface area contributed by atoms with Crippen molar-refractivity contribution >= 4 is 39.1 Å². The minimum Gasteiger partial charge on any atom is -0.497 e. The summed E-state index contributed by atoms with van der Waals surface area (Å²) in [6, 6.07) is 11.1. The fourth-order valence-corrected chi connectivity index (χ4v) is 4.50. The zero-order valence-corrected chi connectivity index (χ0v) is 22.8. The van der Waals surface area contributed by atoms with Crippen LogP contribution in [-0.2, 0) is 26.2 Å². The number of anilines is 1. The van der Waals surface area contributed by atoms with E-state index < -0.39 is 34.1 Å². The zero-order valence-electron chi connectivity index (χ0n) is 21.3. The molecule has 0 saturated heterocycles. The average molecular weight is 524 g/mol. The van der Waals surface area contributed by atoms with E-state index in [1.54, 1.807) is 57.4 Å². The molecular weight excluding hydrogens is 490 g/mol. The van der Waals surface area contributed by atoms with E-state index in [-0.39, 0.29) is 12.5 Å². The lowest BCUT2D eigenvalue weighted by Gasteiger charge is -2.33. The smallest absolute Gasteiger partial charge is 0.244 e. The Morgan fingerprint density at radius 2 is 1.71 bits per heavy atom. The predicted molar refractivity (Wildman–Crippen MR) is 139 cm³/mol. The summed E-state index contributed by atoms with van der Waals surface area (Å²) in [5, 5.41) is 3.23. The minimum atomic E-state index is -3.83. The molecule has 35 heavy (non-hydrogen) atoms. The van der Waals surface area contributed by atoms with Gasteiger partial charge in [0.05, 0.1) is 19.1 Å². The number of rotatable bonds is 9. The number of hydrogen-bond donors (Lipinski definition) is 1. The van der Waals surface area contributed by atoms with Crippen molar-refractivity contribution in [1.29, 1.82) is 0 Å². The van der Waals surface area contributed by atoms with Gasteiger partial charge in [0.2, 0.25) is 21.8 Å². The number of amides is 2. The molecule has 0 fully saturated rings. The van der Waals surface area contributed by atoms with Gasteiger partial charge in [-0.05, 0) is 70.0 Å². The third-order valence-electron chi connectivity index (χ3n) is 5.30. The number of ether oxygens (including phenoxy) is 1. The molecule has 0 saturated carbocycles. The van der Waals surface area contributed by atoms with E-state index >= 15 is 0 Å². The average Bonchev–Trinajstić information content (AvgIpc) is 2.75. The van der Waals surface area contributed by atoms with Gasteiger partial charge in [-0.15, -0.1) is 0 Å². The first-order chi connectivity index (χ1) is 16.1. The van der Waals surface area contributed by atoms with E-state index in [1.807, 2.05) is 20.8 Å². The van der Waals surface area contributed by atoms with Crippen LogP contribution in [0.2, 0.25) is 5.02 Å². The Labute approximate surface area is 213 Å². The maximum Gasteiger partial charge on any atom is 0.244 e. The molecule has 2 amide bonds. The summed E-state index contributed by atoms with van der Waals surface area (Å²) in [4.78, 5) is 27.9. The van der Waals surface area contributed by atoms with Crippen LogP contribution in [0, 0.1) is 6.92 Å². The first-order valence-corrected chi connectivity index (χ1v) is 13.3. The molecule has 0 spiro atoms. The van der Waals surface area contributed by atoms with Gasteiger partial charge >= 0.3 is 0 Å². The van der Waals surface area contributed by atoms with E-state index in [0.717, 1.165) is 16.1 Å². The molecule has 0 bridgehead atoms. The number of nitrogens with one attached hydrogen (secondary N) is 1. The quantitative estimate of drug-likeness (QED) is 0.540. The van der Waals surface area contributed by atoms with Gasteiger partial charge in [0.25, 0.3) is 0 Å². The molecule has 8 nitrogen and oxygen atoms in total. The molecule has 2 aromatic carbocycles. The SMILES string of the molecule is COc1ccc(CN(C(=O)CN(c2cc(Cl)ccc2C)S(C)(=O)=O)[C@H](C)C(=O)NC(C)(C)C)cc1. The molecule has 192 valence electrons. The largest absolute Gasteiger partial charge is 0.497 e. The van der Waals surface area contributed by atoms with Gasteiger partial charge in [-0.3, -0.25) is 13.9 Å². The van der Waals surface area contributed by atoms with Crippen LogP contribution in [0.5, 0.6) is 5.75 Å². The number of methoxy groups -OCH3 is 1. The number of aryl methyl sites for hydroxylation is 1. The summed E-state index contributed by atoms with van der Waals surface area (Å²) in [7, 11) is -2.28. The molecule has 1 atom stereocenters. The van der Waals surface area contributed by atoms with Crippen LogP contribution < -0.4 is 14.4 Å². The number of benzene rings is 2. The lowest BCUT2D eigenvalue weighted by molar-refractivity contribution is -0.140. The van der Waals surface area contributed by atoms with Crippen molar-refractivity contribution in [3.8, 4) is 5.75 Å². The fourth-order valence-electron chi connectivity index (χ4n) is 3.43. The highest BCUT2D eigenvalue weighted by Crippen LogP contribution is 2.27. The van der Waals surface area contributed by atoms with Crippen molar-refractivity contribution in [1.82, 2.24) is 10.2 Å². The number of halogens is 1.